The van der Waals surface area contributed by atoms with Crippen LogP contribution in [-0.2, 0) is 14.3 Å². The molecule has 0 atom stereocenters. The maximum Gasteiger partial charge on any atom is 0.374 e. The molecule has 0 bridgehead atoms. The van der Waals surface area contributed by atoms with Crippen LogP contribution < -0.4 is 10.6 Å². The first-order valence-corrected chi connectivity index (χ1v) is 6.74. The Balaban J connectivity index is 1.84. The predicted molar refractivity (Wildman–Crippen MR) is 74.2 cm³/mol. The van der Waals surface area contributed by atoms with E-state index in [4.69, 9.17) is 9.47 Å². The Bertz CT molecular complexity index is 623. The van der Waals surface area contributed by atoms with Crippen LogP contribution in [0, 0.1) is 0 Å². The van der Waals surface area contributed by atoms with Gasteiger partial charge in [-0.15, -0.1) is 0 Å². The maximum absolute atomic E-state index is 11.8. The van der Waals surface area contributed by atoms with Crippen LogP contribution in [0.1, 0.15) is 20.3 Å². The number of cyclic esters (lactones) is 1. The lowest BCUT2D eigenvalue weighted by Gasteiger charge is -2.42. The Morgan fingerprint density at radius 3 is 2.45 bits per heavy atom. The normalized spacial score (nSPS) is 24.4. The van der Waals surface area contributed by atoms with E-state index >= 15 is 0 Å². The standard InChI is InChI=1S/C15H16N2O3/c1-14(2)8-15(9-7-19-13(18)12(9)20-14)16-10-5-3-4-6-11(10)17-15/h3-6,16-17H,7-8H2,1-2H3. The van der Waals surface area contributed by atoms with Gasteiger partial charge in [0.2, 0.25) is 5.76 Å². The molecule has 0 saturated heterocycles. The van der Waals surface area contributed by atoms with Gasteiger partial charge in [0, 0.05) is 6.42 Å². The molecule has 0 unspecified atom stereocenters. The molecular formula is C15H16N2O3. The van der Waals surface area contributed by atoms with Crippen molar-refractivity contribution in [2.75, 3.05) is 17.2 Å². The lowest BCUT2D eigenvalue weighted by atomic mass is 9.85. The van der Waals surface area contributed by atoms with Crippen LogP contribution >= 0.6 is 0 Å². The number of para-hydroxylation sites is 2. The van der Waals surface area contributed by atoms with Gasteiger partial charge in [0.15, 0.2) is 0 Å². The van der Waals surface area contributed by atoms with Gasteiger partial charge in [-0.3, -0.25) is 0 Å². The first-order valence-electron chi connectivity index (χ1n) is 6.74. The summed E-state index contributed by atoms with van der Waals surface area (Å²) in [5.41, 5.74) is 2.00. The monoisotopic (exact) mass is 272 g/mol. The van der Waals surface area contributed by atoms with E-state index in [0.717, 1.165) is 16.9 Å². The summed E-state index contributed by atoms with van der Waals surface area (Å²) >= 11 is 0. The van der Waals surface area contributed by atoms with E-state index in [2.05, 4.69) is 10.6 Å². The average molecular weight is 272 g/mol. The number of benzene rings is 1. The molecule has 20 heavy (non-hydrogen) atoms. The van der Waals surface area contributed by atoms with Crippen LogP contribution in [0.2, 0.25) is 0 Å². The van der Waals surface area contributed by atoms with Gasteiger partial charge >= 0.3 is 5.97 Å². The third-order valence-corrected chi connectivity index (χ3v) is 4.01. The predicted octanol–water partition coefficient (Wildman–Crippen LogP) is 2.23. The van der Waals surface area contributed by atoms with Gasteiger partial charge in [-0.1, -0.05) is 12.1 Å². The summed E-state index contributed by atoms with van der Waals surface area (Å²) in [7, 11) is 0. The van der Waals surface area contributed by atoms with E-state index in [9.17, 15) is 4.79 Å². The molecule has 3 aliphatic rings. The Kier molecular flexibility index (Phi) is 2.02. The summed E-state index contributed by atoms with van der Waals surface area (Å²) in [6.07, 6.45) is 0.712. The highest BCUT2D eigenvalue weighted by atomic mass is 16.6. The van der Waals surface area contributed by atoms with Crippen molar-refractivity contribution >= 4 is 17.3 Å². The number of esters is 1. The van der Waals surface area contributed by atoms with E-state index in [1.807, 2.05) is 38.1 Å². The molecule has 1 aromatic rings. The molecule has 3 heterocycles. The smallest absolute Gasteiger partial charge is 0.374 e. The molecule has 104 valence electrons. The van der Waals surface area contributed by atoms with Gasteiger partial charge in [0.1, 0.15) is 17.9 Å². The molecule has 4 rings (SSSR count). The molecule has 2 N–H and O–H groups in total. The van der Waals surface area contributed by atoms with Crippen molar-refractivity contribution in [2.24, 2.45) is 0 Å². The van der Waals surface area contributed by atoms with Gasteiger partial charge in [-0.2, -0.15) is 0 Å². The van der Waals surface area contributed by atoms with E-state index < -0.39 is 11.3 Å². The third kappa shape index (κ3) is 1.46. The fraction of sp³-hybridized carbons (Fsp3) is 0.400. The van der Waals surface area contributed by atoms with Crippen molar-refractivity contribution in [2.45, 2.75) is 31.5 Å². The number of rotatable bonds is 0. The number of carbonyl (C=O) groups is 1. The van der Waals surface area contributed by atoms with Crippen LogP contribution in [0.15, 0.2) is 35.6 Å². The minimum absolute atomic E-state index is 0.276. The number of fused-ring (bicyclic) bond motifs is 2. The number of ether oxygens (including phenoxy) is 2. The summed E-state index contributed by atoms with van der Waals surface area (Å²) in [4.78, 5) is 11.8. The average Bonchev–Trinajstić information content (AvgIpc) is 2.90. The molecule has 5 nitrogen and oxygen atoms in total. The number of nitrogens with one attached hydrogen (secondary N) is 2. The van der Waals surface area contributed by atoms with Crippen molar-refractivity contribution in [3.63, 3.8) is 0 Å². The summed E-state index contributed by atoms with van der Waals surface area (Å²) in [6.45, 7) is 4.24. The van der Waals surface area contributed by atoms with Crippen molar-refractivity contribution in [1.82, 2.24) is 0 Å². The molecule has 0 amide bonds. The van der Waals surface area contributed by atoms with Crippen LogP contribution in [-0.4, -0.2) is 23.8 Å². The van der Waals surface area contributed by atoms with Crippen LogP contribution in [0.5, 0.6) is 0 Å². The number of hydrogen-bond acceptors (Lipinski definition) is 5. The third-order valence-electron chi connectivity index (χ3n) is 4.01. The number of anilines is 2. The number of hydrogen-bond donors (Lipinski definition) is 2. The molecule has 1 aromatic carbocycles. The summed E-state index contributed by atoms with van der Waals surface area (Å²) in [6, 6.07) is 8.03. The summed E-state index contributed by atoms with van der Waals surface area (Å²) in [5, 5.41) is 7.03. The van der Waals surface area contributed by atoms with Gasteiger partial charge in [-0.05, 0) is 26.0 Å². The van der Waals surface area contributed by atoms with E-state index in [-0.39, 0.29) is 12.6 Å². The second-order valence-corrected chi connectivity index (χ2v) is 6.12. The molecule has 0 aliphatic carbocycles. The first kappa shape index (κ1) is 11.6. The lowest BCUT2D eigenvalue weighted by molar-refractivity contribution is -0.142. The van der Waals surface area contributed by atoms with Crippen molar-refractivity contribution in [3.05, 3.63) is 35.6 Å². The molecule has 0 fully saturated rings. The first-order chi connectivity index (χ1) is 9.49. The minimum Gasteiger partial charge on any atom is -0.480 e. The molecular weight excluding hydrogens is 256 g/mol. The lowest BCUT2D eigenvalue weighted by Crippen LogP contribution is -2.53. The molecule has 3 aliphatic heterocycles. The zero-order chi connectivity index (χ0) is 14.0. The summed E-state index contributed by atoms with van der Waals surface area (Å²) in [5.74, 6) is -0.0132. The molecule has 1 spiro atoms. The largest absolute Gasteiger partial charge is 0.480 e. The molecule has 5 heteroatoms. The maximum atomic E-state index is 11.8. The topological polar surface area (TPSA) is 59.6 Å². The van der Waals surface area contributed by atoms with E-state index in [0.29, 0.717) is 12.2 Å². The zero-order valence-corrected chi connectivity index (χ0v) is 11.4. The van der Waals surface area contributed by atoms with Crippen molar-refractivity contribution in [3.8, 4) is 0 Å². The molecule has 0 saturated carbocycles. The van der Waals surface area contributed by atoms with Crippen molar-refractivity contribution < 1.29 is 14.3 Å². The van der Waals surface area contributed by atoms with E-state index in [1.165, 1.54) is 0 Å². The SMILES string of the molecule is CC1(C)CC2(Nc3ccccc3N2)C2=C(O1)C(=O)OC2. The van der Waals surface area contributed by atoms with E-state index in [1.54, 1.807) is 0 Å². The highest BCUT2D eigenvalue weighted by Crippen LogP contribution is 2.48. The highest BCUT2D eigenvalue weighted by Gasteiger charge is 2.54. The van der Waals surface area contributed by atoms with Gasteiger partial charge < -0.3 is 20.1 Å². The number of carbonyl (C=O) groups excluding carboxylic acids is 1. The van der Waals surface area contributed by atoms with Crippen LogP contribution in [0.4, 0.5) is 11.4 Å². The molecule has 0 radical (unpaired) electrons. The second-order valence-electron chi connectivity index (χ2n) is 6.12. The van der Waals surface area contributed by atoms with Crippen LogP contribution in [0.3, 0.4) is 0 Å². The Morgan fingerprint density at radius 1 is 1.15 bits per heavy atom. The van der Waals surface area contributed by atoms with Gasteiger partial charge in [-0.25, -0.2) is 4.79 Å². The summed E-state index contributed by atoms with van der Waals surface area (Å²) < 4.78 is 11.0. The zero-order valence-electron chi connectivity index (χ0n) is 11.4. The molecule has 0 aromatic heterocycles. The minimum atomic E-state index is -0.493. The van der Waals surface area contributed by atoms with Gasteiger partial charge in [0.25, 0.3) is 0 Å². The Morgan fingerprint density at radius 2 is 1.80 bits per heavy atom. The Hall–Kier alpha value is -2.17. The fourth-order valence-corrected chi connectivity index (χ4v) is 3.30. The fourth-order valence-electron chi connectivity index (χ4n) is 3.30. The highest BCUT2D eigenvalue weighted by molar-refractivity contribution is 5.92. The second kappa shape index (κ2) is 3.48. The quantitative estimate of drug-likeness (QED) is 0.709. The van der Waals surface area contributed by atoms with Gasteiger partial charge in [0.05, 0.1) is 16.9 Å². The van der Waals surface area contributed by atoms with Crippen LogP contribution in [0.25, 0.3) is 0 Å². The Labute approximate surface area is 116 Å². The van der Waals surface area contributed by atoms with Crippen molar-refractivity contribution in [1.29, 1.82) is 0 Å².